The molecule has 0 aliphatic heterocycles. The molecule has 28 heavy (non-hydrogen) atoms. The Morgan fingerprint density at radius 2 is 1.64 bits per heavy atom. The maximum atomic E-state index is 6.25. The van der Waals surface area contributed by atoms with Gasteiger partial charge < -0.3 is 0 Å². The van der Waals surface area contributed by atoms with Gasteiger partial charge in [-0.3, -0.25) is 4.57 Å². The Bertz CT molecular complexity index is 1060. The van der Waals surface area contributed by atoms with Gasteiger partial charge in [0.15, 0.2) is 5.16 Å². The van der Waals surface area contributed by atoms with Crippen LogP contribution in [0.4, 0.5) is 0 Å². The Balaban J connectivity index is 1.66. The second kappa shape index (κ2) is 8.95. The molecule has 4 rings (SSSR count). The maximum Gasteiger partial charge on any atom is 0.196 e. The lowest BCUT2D eigenvalue weighted by Gasteiger charge is -2.11. The van der Waals surface area contributed by atoms with Crippen LogP contribution in [-0.2, 0) is 12.2 Å². The molecule has 140 valence electrons. The fraction of sp³-hybridized carbons (Fsp3) is 0.0909. The summed E-state index contributed by atoms with van der Waals surface area (Å²) in [6.07, 6.45) is 0.708. The summed E-state index contributed by atoms with van der Waals surface area (Å²) in [5.74, 6) is 1.71. The summed E-state index contributed by atoms with van der Waals surface area (Å²) in [4.78, 5) is 0. The van der Waals surface area contributed by atoms with E-state index in [1.54, 1.807) is 11.8 Å². The molecule has 0 bridgehead atoms. The zero-order valence-corrected chi connectivity index (χ0v) is 18.1. The molecule has 6 heteroatoms. The molecule has 3 nitrogen and oxygen atoms in total. The predicted molar refractivity (Wildman–Crippen MR) is 119 cm³/mol. The van der Waals surface area contributed by atoms with Crippen molar-refractivity contribution in [2.24, 2.45) is 0 Å². The van der Waals surface area contributed by atoms with Crippen LogP contribution in [0.2, 0.25) is 5.02 Å². The number of rotatable bonds is 6. The van der Waals surface area contributed by atoms with Gasteiger partial charge in [-0.15, -0.1) is 10.2 Å². The molecule has 0 unspecified atom stereocenters. The molecular weight excluding hydrogens is 454 g/mol. The van der Waals surface area contributed by atoms with Crippen molar-refractivity contribution in [3.63, 3.8) is 0 Å². The number of hydrogen-bond acceptors (Lipinski definition) is 3. The first-order valence-electron chi connectivity index (χ1n) is 8.80. The van der Waals surface area contributed by atoms with E-state index in [4.69, 9.17) is 11.6 Å². The summed E-state index contributed by atoms with van der Waals surface area (Å²) >= 11 is 11.4. The molecule has 0 fully saturated rings. The molecule has 0 aliphatic carbocycles. The molecule has 0 N–H and O–H groups in total. The van der Waals surface area contributed by atoms with Gasteiger partial charge in [0.1, 0.15) is 5.82 Å². The Hall–Kier alpha value is -2.08. The second-order valence-corrected chi connectivity index (χ2v) is 8.59. The van der Waals surface area contributed by atoms with Crippen LogP contribution in [0, 0.1) is 0 Å². The molecular formula is C22H17BrClN3S. The Morgan fingerprint density at radius 3 is 2.39 bits per heavy atom. The Kier molecular flexibility index (Phi) is 6.15. The van der Waals surface area contributed by atoms with Crippen LogP contribution >= 0.6 is 39.3 Å². The quantitative estimate of drug-likeness (QED) is 0.299. The third kappa shape index (κ3) is 4.66. The predicted octanol–water partition coefficient (Wildman–Crippen LogP) is 6.57. The SMILES string of the molecule is Clc1cccc(-n2c(Cc3ccccc3)nnc2SCc2ccc(Br)cc2)c1. The largest absolute Gasteiger partial charge is 0.274 e. The number of thioether (sulfide) groups is 1. The summed E-state index contributed by atoms with van der Waals surface area (Å²) in [7, 11) is 0. The molecule has 0 atom stereocenters. The minimum atomic E-state index is 0.695. The van der Waals surface area contributed by atoms with Gasteiger partial charge in [-0.2, -0.15) is 0 Å². The van der Waals surface area contributed by atoms with Crippen molar-refractivity contribution in [3.05, 3.63) is 105 Å². The molecule has 0 aliphatic rings. The monoisotopic (exact) mass is 469 g/mol. The van der Waals surface area contributed by atoms with E-state index in [1.807, 2.05) is 42.5 Å². The van der Waals surface area contributed by atoms with Crippen LogP contribution in [0.1, 0.15) is 17.0 Å². The lowest BCUT2D eigenvalue weighted by Crippen LogP contribution is -2.04. The first-order valence-corrected chi connectivity index (χ1v) is 11.0. The minimum absolute atomic E-state index is 0.695. The summed E-state index contributed by atoms with van der Waals surface area (Å²) in [5, 5.41) is 10.5. The first-order chi connectivity index (χ1) is 13.7. The highest BCUT2D eigenvalue weighted by atomic mass is 79.9. The van der Waals surface area contributed by atoms with Crippen LogP contribution < -0.4 is 0 Å². The van der Waals surface area contributed by atoms with Crippen molar-refractivity contribution in [3.8, 4) is 5.69 Å². The van der Waals surface area contributed by atoms with Crippen LogP contribution in [0.15, 0.2) is 88.5 Å². The van der Waals surface area contributed by atoms with Gasteiger partial charge in [0.25, 0.3) is 0 Å². The van der Waals surface area contributed by atoms with Gasteiger partial charge in [0.05, 0.1) is 5.69 Å². The van der Waals surface area contributed by atoms with E-state index in [-0.39, 0.29) is 0 Å². The highest BCUT2D eigenvalue weighted by Crippen LogP contribution is 2.28. The van der Waals surface area contributed by atoms with Crippen molar-refractivity contribution in [2.75, 3.05) is 0 Å². The fourth-order valence-electron chi connectivity index (χ4n) is 2.89. The van der Waals surface area contributed by atoms with Gasteiger partial charge >= 0.3 is 0 Å². The van der Waals surface area contributed by atoms with E-state index < -0.39 is 0 Å². The van der Waals surface area contributed by atoms with E-state index in [9.17, 15) is 0 Å². The third-order valence-corrected chi connectivity index (χ3v) is 6.02. The van der Waals surface area contributed by atoms with Crippen LogP contribution in [0.5, 0.6) is 0 Å². The maximum absolute atomic E-state index is 6.25. The number of aromatic nitrogens is 3. The second-order valence-electron chi connectivity index (χ2n) is 6.29. The molecule has 0 spiro atoms. The van der Waals surface area contributed by atoms with E-state index in [0.29, 0.717) is 11.4 Å². The molecule has 0 saturated carbocycles. The lowest BCUT2D eigenvalue weighted by atomic mass is 10.1. The summed E-state index contributed by atoms with van der Waals surface area (Å²) in [6.45, 7) is 0. The van der Waals surface area contributed by atoms with Gasteiger partial charge in [-0.25, -0.2) is 0 Å². The molecule has 0 saturated heterocycles. The normalized spacial score (nSPS) is 10.9. The van der Waals surface area contributed by atoms with Gasteiger partial charge in [0, 0.05) is 21.7 Å². The minimum Gasteiger partial charge on any atom is -0.274 e. The van der Waals surface area contributed by atoms with Crippen LogP contribution in [0.3, 0.4) is 0 Å². The summed E-state index contributed by atoms with van der Waals surface area (Å²) in [6, 6.07) is 26.4. The zero-order chi connectivity index (χ0) is 19.3. The summed E-state index contributed by atoms with van der Waals surface area (Å²) in [5.41, 5.74) is 3.41. The lowest BCUT2D eigenvalue weighted by molar-refractivity contribution is 0.848. The van der Waals surface area contributed by atoms with Crippen LogP contribution in [0.25, 0.3) is 5.69 Å². The number of halogens is 2. The zero-order valence-electron chi connectivity index (χ0n) is 14.9. The average Bonchev–Trinajstić information content (AvgIpc) is 3.11. The van der Waals surface area contributed by atoms with E-state index in [0.717, 1.165) is 26.9 Å². The molecule has 3 aromatic carbocycles. The van der Waals surface area contributed by atoms with Gasteiger partial charge in [-0.1, -0.05) is 87.8 Å². The molecule has 0 radical (unpaired) electrons. The Morgan fingerprint density at radius 1 is 0.857 bits per heavy atom. The fourth-order valence-corrected chi connectivity index (χ4v) is 4.27. The van der Waals surface area contributed by atoms with Crippen LogP contribution in [-0.4, -0.2) is 14.8 Å². The Labute approximate surface area is 181 Å². The van der Waals surface area contributed by atoms with Gasteiger partial charge in [-0.05, 0) is 41.5 Å². The summed E-state index contributed by atoms with van der Waals surface area (Å²) < 4.78 is 3.18. The number of hydrogen-bond donors (Lipinski definition) is 0. The van der Waals surface area contributed by atoms with E-state index >= 15 is 0 Å². The van der Waals surface area contributed by atoms with Crippen molar-refractivity contribution in [1.82, 2.24) is 14.8 Å². The molecule has 0 amide bonds. The molecule has 1 aromatic heterocycles. The van der Waals surface area contributed by atoms with E-state index in [2.05, 4.69) is 67.1 Å². The topological polar surface area (TPSA) is 30.7 Å². The first kappa shape index (κ1) is 19.2. The molecule has 4 aromatic rings. The van der Waals surface area contributed by atoms with Crippen molar-refractivity contribution in [2.45, 2.75) is 17.3 Å². The standard InChI is InChI=1S/C22H17BrClN3S/c23-18-11-9-17(10-12-18)15-28-22-26-25-21(13-16-5-2-1-3-6-16)27(22)20-8-4-7-19(24)14-20/h1-12,14H,13,15H2. The highest BCUT2D eigenvalue weighted by molar-refractivity contribution is 9.10. The van der Waals surface area contributed by atoms with Crippen molar-refractivity contribution < 1.29 is 0 Å². The van der Waals surface area contributed by atoms with Crippen molar-refractivity contribution in [1.29, 1.82) is 0 Å². The number of benzene rings is 3. The third-order valence-electron chi connectivity index (χ3n) is 4.25. The van der Waals surface area contributed by atoms with Crippen molar-refractivity contribution >= 4 is 39.3 Å². The van der Waals surface area contributed by atoms with Gasteiger partial charge in [0.2, 0.25) is 0 Å². The average molecular weight is 471 g/mol. The highest BCUT2D eigenvalue weighted by Gasteiger charge is 2.15. The molecule has 1 heterocycles. The smallest absolute Gasteiger partial charge is 0.196 e. The van der Waals surface area contributed by atoms with E-state index in [1.165, 1.54) is 11.1 Å². The number of nitrogens with zero attached hydrogens (tertiary/aromatic N) is 3.